The van der Waals surface area contributed by atoms with E-state index in [0.717, 1.165) is 34.7 Å². The summed E-state index contributed by atoms with van der Waals surface area (Å²) in [5.74, 6) is 1.32. The Morgan fingerprint density at radius 3 is 3.12 bits per heavy atom. The van der Waals surface area contributed by atoms with Gasteiger partial charge >= 0.3 is 0 Å². The lowest BCUT2D eigenvalue weighted by Crippen LogP contribution is -2.36. The third-order valence-corrected chi connectivity index (χ3v) is 5.49. The predicted molar refractivity (Wildman–Crippen MR) is 95.6 cm³/mol. The molecule has 4 rings (SSSR count). The molecule has 0 saturated carbocycles. The zero-order valence-corrected chi connectivity index (χ0v) is 13.9. The van der Waals surface area contributed by atoms with Crippen LogP contribution in [0.15, 0.2) is 29.4 Å². The summed E-state index contributed by atoms with van der Waals surface area (Å²) >= 11 is 0. The lowest BCUT2D eigenvalue weighted by molar-refractivity contribution is 0.200. The van der Waals surface area contributed by atoms with Gasteiger partial charge in [-0.3, -0.25) is 4.90 Å². The van der Waals surface area contributed by atoms with Crippen LogP contribution in [0.25, 0.3) is 16.6 Å². The van der Waals surface area contributed by atoms with Gasteiger partial charge in [-0.05, 0) is 43.0 Å². The molecule has 6 heteroatoms. The number of aliphatic imine (C=N–C) groups is 1. The van der Waals surface area contributed by atoms with Gasteiger partial charge in [-0.1, -0.05) is 19.4 Å². The standard InChI is InChI=1S/C18H23N5O/c1-2-12-5-7-22-8-6-13(9-16(12)22)14-10-23(24)15-3-4-17(20-11-19)21-18(14)15/h3-4,6,10-12,16,24H,2,5,7-9H2,1H3,(H2,19,20,21). The number of rotatable bonds is 3. The molecule has 0 aliphatic carbocycles. The number of aromatic nitrogens is 2. The van der Waals surface area contributed by atoms with Gasteiger partial charge in [0.25, 0.3) is 0 Å². The Labute approximate surface area is 141 Å². The first-order chi connectivity index (χ1) is 11.7. The molecule has 2 aromatic rings. The second-order valence-corrected chi connectivity index (χ2v) is 6.66. The molecule has 1 fully saturated rings. The van der Waals surface area contributed by atoms with Crippen molar-refractivity contribution in [3.8, 4) is 0 Å². The van der Waals surface area contributed by atoms with Crippen molar-refractivity contribution < 1.29 is 5.21 Å². The molecule has 2 aliphatic rings. The van der Waals surface area contributed by atoms with Crippen LogP contribution in [0.5, 0.6) is 0 Å². The SMILES string of the molecule is CCC1CCN2CC=C(c3cn(O)c4ccc(N=CN)nc34)CC12. The zero-order chi connectivity index (χ0) is 16.7. The largest absolute Gasteiger partial charge is 0.428 e. The van der Waals surface area contributed by atoms with Crippen LogP contribution in [0.3, 0.4) is 0 Å². The minimum atomic E-state index is 0.558. The van der Waals surface area contributed by atoms with E-state index >= 15 is 0 Å². The molecule has 0 radical (unpaired) electrons. The molecule has 0 amide bonds. The summed E-state index contributed by atoms with van der Waals surface area (Å²) < 4.78 is 1.16. The normalized spacial score (nSPS) is 24.6. The quantitative estimate of drug-likeness (QED) is 0.517. The first-order valence-electron chi connectivity index (χ1n) is 8.60. The van der Waals surface area contributed by atoms with Gasteiger partial charge in [0.2, 0.25) is 0 Å². The first-order valence-corrected chi connectivity index (χ1v) is 8.60. The van der Waals surface area contributed by atoms with Crippen molar-refractivity contribution in [1.29, 1.82) is 0 Å². The van der Waals surface area contributed by atoms with E-state index in [1.54, 1.807) is 12.3 Å². The maximum Gasteiger partial charge on any atom is 0.154 e. The van der Waals surface area contributed by atoms with Gasteiger partial charge in [0.05, 0.1) is 12.5 Å². The van der Waals surface area contributed by atoms with Gasteiger partial charge in [0, 0.05) is 18.2 Å². The number of hydrogen-bond donors (Lipinski definition) is 2. The van der Waals surface area contributed by atoms with E-state index in [2.05, 4.69) is 27.9 Å². The van der Waals surface area contributed by atoms with Crippen LogP contribution >= 0.6 is 0 Å². The van der Waals surface area contributed by atoms with Crippen molar-refractivity contribution in [1.82, 2.24) is 14.6 Å². The van der Waals surface area contributed by atoms with Gasteiger partial charge in [0.1, 0.15) is 11.0 Å². The van der Waals surface area contributed by atoms with Crippen LogP contribution < -0.4 is 5.73 Å². The number of fused-ring (bicyclic) bond motifs is 2. The van der Waals surface area contributed by atoms with Crippen LogP contribution in [0.2, 0.25) is 0 Å². The topological polar surface area (TPSA) is 79.7 Å². The highest BCUT2D eigenvalue weighted by molar-refractivity contribution is 5.91. The third-order valence-electron chi connectivity index (χ3n) is 5.49. The molecule has 126 valence electrons. The fraction of sp³-hybridized carbons (Fsp3) is 0.444. The zero-order valence-electron chi connectivity index (χ0n) is 13.9. The minimum absolute atomic E-state index is 0.558. The summed E-state index contributed by atoms with van der Waals surface area (Å²) in [5, 5.41) is 10.2. The maximum atomic E-state index is 10.2. The van der Waals surface area contributed by atoms with Crippen molar-refractivity contribution in [3.63, 3.8) is 0 Å². The molecule has 1 saturated heterocycles. The number of pyridine rings is 1. The lowest BCUT2D eigenvalue weighted by Gasteiger charge is -2.32. The van der Waals surface area contributed by atoms with Gasteiger partial charge < -0.3 is 10.9 Å². The Hall–Kier alpha value is -2.34. The van der Waals surface area contributed by atoms with Gasteiger partial charge in [-0.2, -0.15) is 4.73 Å². The van der Waals surface area contributed by atoms with Crippen molar-refractivity contribution >= 4 is 28.8 Å². The van der Waals surface area contributed by atoms with Crippen molar-refractivity contribution in [2.75, 3.05) is 13.1 Å². The number of hydrogen-bond acceptors (Lipinski definition) is 4. The summed E-state index contributed by atoms with van der Waals surface area (Å²) in [6.07, 6.45) is 8.83. The van der Waals surface area contributed by atoms with Crippen molar-refractivity contribution in [3.05, 3.63) is 30.0 Å². The molecule has 2 aromatic heterocycles. The van der Waals surface area contributed by atoms with E-state index in [4.69, 9.17) is 5.73 Å². The van der Waals surface area contributed by atoms with Crippen LogP contribution in [0.1, 0.15) is 31.7 Å². The average molecular weight is 325 g/mol. The van der Waals surface area contributed by atoms with Crippen LogP contribution in [0.4, 0.5) is 5.82 Å². The molecule has 4 heterocycles. The van der Waals surface area contributed by atoms with E-state index in [1.807, 2.05) is 6.07 Å². The van der Waals surface area contributed by atoms with Crippen LogP contribution in [-0.2, 0) is 0 Å². The second-order valence-electron chi connectivity index (χ2n) is 6.66. The fourth-order valence-electron chi connectivity index (χ4n) is 4.20. The monoisotopic (exact) mass is 325 g/mol. The molecule has 2 atom stereocenters. The fourth-order valence-corrected chi connectivity index (χ4v) is 4.20. The third kappa shape index (κ3) is 2.38. The Morgan fingerprint density at radius 2 is 2.33 bits per heavy atom. The van der Waals surface area contributed by atoms with E-state index in [1.165, 1.54) is 31.3 Å². The molecule has 6 nitrogen and oxygen atoms in total. The lowest BCUT2D eigenvalue weighted by atomic mass is 9.88. The molecular formula is C18H23N5O. The molecule has 0 bridgehead atoms. The minimum Gasteiger partial charge on any atom is -0.428 e. The highest BCUT2D eigenvalue weighted by atomic mass is 16.5. The first kappa shape index (κ1) is 15.2. The summed E-state index contributed by atoms with van der Waals surface area (Å²) in [5.41, 5.74) is 9.13. The molecule has 2 aliphatic heterocycles. The molecular weight excluding hydrogens is 302 g/mol. The van der Waals surface area contributed by atoms with Crippen molar-refractivity contribution in [2.24, 2.45) is 16.6 Å². The second kappa shape index (κ2) is 5.94. The highest BCUT2D eigenvalue weighted by Gasteiger charge is 2.35. The van der Waals surface area contributed by atoms with Gasteiger partial charge in [0.15, 0.2) is 5.82 Å². The summed E-state index contributed by atoms with van der Waals surface area (Å²) in [6, 6.07) is 4.19. The number of nitrogens with zero attached hydrogens (tertiary/aromatic N) is 4. The smallest absolute Gasteiger partial charge is 0.154 e. The predicted octanol–water partition coefficient (Wildman–Crippen LogP) is 2.78. The highest BCUT2D eigenvalue weighted by Crippen LogP contribution is 2.39. The van der Waals surface area contributed by atoms with Crippen LogP contribution in [-0.4, -0.2) is 45.3 Å². The van der Waals surface area contributed by atoms with Gasteiger partial charge in [-0.25, -0.2) is 9.98 Å². The Balaban J connectivity index is 1.75. The average Bonchev–Trinajstić information content (AvgIpc) is 3.15. The Morgan fingerprint density at radius 1 is 1.46 bits per heavy atom. The van der Waals surface area contributed by atoms with E-state index < -0.39 is 0 Å². The maximum absolute atomic E-state index is 10.2. The summed E-state index contributed by atoms with van der Waals surface area (Å²) in [6.45, 7) is 4.46. The number of nitrogens with two attached hydrogens (primary N) is 1. The molecule has 2 unspecified atom stereocenters. The van der Waals surface area contributed by atoms with Gasteiger partial charge in [-0.15, -0.1) is 0 Å². The van der Waals surface area contributed by atoms with E-state index in [0.29, 0.717) is 17.4 Å². The molecule has 0 aromatic carbocycles. The van der Waals surface area contributed by atoms with E-state index in [9.17, 15) is 5.21 Å². The Bertz CT molecular complexity index is 822. The van der Waals surface area contributed by atoms with E-state index in [-0.39, 0.29) is 0 Å². The van der Waals surface area contributed by atoms with Crippen LogP contribution in [0, 0.1) is 5.92 Å². The molecule has 0 spiro atoms. The van der Waals surface area contributed by atoms with Crippen molar-refractivity contribution in [2.45, 2.75) is 32.2 Å². The molecule has 24 heavy (non-hydrogen) atoms. The Kier molecular flexibility index (Phi) is 3.76. The summed E-state index contributed by atoms with van der Waals surface area (Å²) in [7, 11) is 0. The summed E-state index contributed by atoms with van der Waals surface area (Å²) in [4.78, 5) is 11.2. The molecule has 3 N–H and O–H groups in total.